The Morgan fingerprint density at radius 3 is 2.35 bits per heavy atom. The lowest BCUT2D eigenvalue weighted by Gasteiger charge is -2.14. The molecule has 2 rings (SSSR count). The van der Waals surface area contributed by atoms with Gasteiger partial charge >= 0.3 is 5.97 Å². The van der Waals surface area contributed by atoms with Gasteiger partial charge in [0.15, 0.2) is 0 Å². The summed E-state index contributed by atoms with van der Waals surface area (Å²) in [6.07, 6.45) is 3.84. The van der Waals surface area contributed by atoms with E-state index in [1.54, 1.807) is 18.3 Å². The van der Waals surface area contributed by atoms with Crippen LogP contribution in [-0.2, 0) is 17.6 Å². The van der Waals surface area contributed by atoms with E-state index in [0.717, 1.165) is 11.1 Å². The number of aliphatic carboxylic acids is 1. The van der Waals surface area contributed by atoms with Crippen LogP contribution in [0.3, 0.4) is 0 Å². The van der Waals surface area contributed by atoms with Gasteiger partial charge in [-0.05, 0) is 36.1 Å². The molecule has 0 saturated carbocycles. The molecule has 0 aliphatic carbocycles. The van der Waals surface area contributed by atoms with E-state index in [-0.39, 0.29) is 0 Å². The lowest BCUT2D eigenvalue weighted by atomic mass is 9.93. The largest absolute Gasteiger partial charge is 0.481 e. The van der Waals surface area contributed by atoms with Gasteiger partial charge in [0.2, 0.25) is 0 Å². The van der Waals surface area contributed by atoms with Crippen LogP contribution in [-0.4, -0.2) is 16.1 Å². The molecular formula is C15H13Cl2NO2. The summed E-state index contributed by atoms with van der Waals surface area (Å²) in [5.41, 5.74) is 1.60. The number of nitrogens with zero attached hydrogens (tertiary/aromatic N) is 1. The van der Waals surface area contributed by atoms with Crippen molar-refractivity contribution in [3.05, 3.63) is 63.9 Å². The van der Waals surface area contributed by atoms with Crippen molar-refractivity contribution in [2.45, 2.75) is 12.8 Å². The summed E-state index contributed by atoms with van der Waals surface area (Å²) in [6, 6.07) is 9.01. The van der Waals surface area contributed by atoms with E-state index < -0.39 is 11.9 Å². The van der Waals surface area contributed by atoms with Crippen LogP contribution < -0.4 is 0 Å². The fourth-order valence-electron chi connectivity index (χ4n) is 2.01. The van der Waals surface area contributed by atoms with Crippen LogP contribution in [0.15, 0.2) is 42.7 Å². The lowest BCUT2D eigenvalue weighted by Crippen LogP contribution is -2.19. The molecule has 3 nitrogen and oxygen atoms in total. The SMILES string of the molecule is O=C(O)C(Cc1ccccc1Cl)Cc1ccncc1Cl. The molecule has 1 heterocycles. The van der Waals surface area contributed by atoms with Crippen LogP contribution in [0.4, 0.5) is 0 Å². The van der Waals surface area contributed by atoms with E-state index >= 15 is 0 Å². The summed E-state index contributed by atoms with van der Waals surface area (Å²) < 4.78 is 0. The summed E-state index contributed by atoms with van der Waals surface area (Å²) in [5.74, 6) is -1.44. The Hall–Kier alpha value is -1.58. The molecule has 1 aromatic heterocycles. The maximum atomic E-state index is 11.4. The molecule has 1 unspecified atom stereocenters. The monoisotopic (exact) mass is 309 g/mol. The average molecular weight is 310 g/mol. The lowest BCUT2D eigenvalue weighted by molar-refractivity contribution is -0.141. The normalized spacial score (nSPS) is 12.1. The van der Waals surface area contributed by atoms with Crippen molar-refractivity contribution in [3.63, 3.8) is 0 Å². The van der Waals surface area contributed by atoms with Gasteiger partial charge in [-0.2, -0.15) is 0 Å². The number of carboxylic acid groups (broad SMARTS) is 1. The zero-order valence-electron chi connectivity index (χ0n) is 10.6. The Morgan fingerprint density at radius 2 is 1.75 bits per heavy atom. The Morgan fingerprint density at radius 1 is 1.10 bits per heavy atom. The van der Waals surface area contributed by atoms with Gasteiger partial charge in [0.1, 0.15) is 0 Å². The van der Waals surface area contributed by atoms with Gasteiger partial charge in [0, 0.05) is 17.4 Å². The van der Waals surface area contributed by atoms with Gasteiger partial charge in [-0.15, -0.1) is 0 Å². The van der Waals surface area contributed by atoms with Crippen molar-refractivity contribution in [2.75, 3.05) is 0 Å². The van der Waals surface area contributed by atoms with Crippen molar-refractivity contribution < 1.29 is 9.90 Å². The maximum Gasteiger partial charge on any atom is 0.307 e. The first kappa shape index (κ1) is 14.8. The zero-order chi connectivity index (χ0) is 14.5. The molecule has 1 N–H and O–H groups in total. The van der Waals surface area contributed by atoms with Crippen molar-refractivity contribution >= 4 is 29.2 Å². The highest BCUT2D eigenvalue weighted by atomic mass is 35.5. The number of carbonyl (C=O) groups is 1. The fraction of sp³-hybridized carbons (Fsp3) is 0.200. The van der Waals surface area contributed by atoms with Gasteiger partial charge in [-0.25, -0.2) is 0 Å². The molecule has 0 aliphatic rings. The summed E-state index contributed by atoms with van der Waals surface area (Å²) >= 11 is 12.1. The second-order valence-corrected chi connectivity index (χ2v) is 5.32. The summed E-state index contributed by atoms with van der Waals surface area (Å²) in [4.78, 5) is 15.3. The number of hydrogen-bond donors (Lipinski definition) is 1. The average Bonchev–Trinajstić information content (AvgIpc) is 2.42. The summed E-state index contributed by atoms with van der Waals surface area (Å²) in [5, 5.41) is 10.4. The smallest absolute Gasteiger partial charge is 0.307 e. The molecule has 0 aliphatic heterocycles. The maximum absolute atomic E-state index is 11.4. The molecule has 0 radical (unpaired) electrons. The van der Waals surface area contributed by atoms with Crippen molar-refractivity contribution in [2.24, 2.45) is 5.92 Å². The predicted octanol–water partition coefficient (Wildman–Crippen LogP) is 3.87. The standard InChI is InChI=1S/C15H13Cl2NO2/c16-13-4-2-1-3-10(13)7-12(15(19)20)8-11-5-6-18-9-14(11)17/h1-6,9,12H,7-8H2,(H,19,20). The molecular weight excluding hydrogens is 297 g/mol. The van der Waals surface area contributed by atoms with Crippen LogP contribution in [0, 0.1) is 5.92 Å². The minimum atomic E-state index is -0.863. The zero-order valence-corrected chi connectivity index (χ0v) is 12.1. The molecule has 0 amide bonds. The molecule has 5 heteroatoms. The molecule has 20 heavy (non-hydrogen) atoms. The molecule has 2 aromatic rings. The minimum absolute atomic E-state index is 0.349. The first-order chi connectivity index (χ1) is 9.58. The van der Waals surface area contributed by atoms with E-state index in [4.69, 9.17) is 23.2 Å². The van der Waals surface area contributed by atoms with E-state index in [1.165, 1.54) is 6.20 Å². The highest BCUT2D eigenvalue weighted by molar-refractivity contribution is 6.31. The van der Waals surface area contributed by atoms with Crippen LogP contribution in [0.5, 0.6) is 0 Å². The quantitative estimate of drug-likeness (QED) is 0.912. The van der Waals surface area contributed by atoms with Crippen molar-refractivity contribution in [1.82, 2.24) is 4.98 Å². The number of benzene rings is 1. The number of rotatable bonds is 5. The topological polar surface area (TPSA) is 50.2 Å². The van der Waals surface area contributed by atoms with Crippen LogP contribution in [0.25, 0.3) is 0 Å². The third kappa shape index (κ3) is 3.71. The Labute approximate surface area is 127 Å². The Kier molecular flexibility index (Phi) is 4.99. The number of pyridine rings is 1. The molecule has 0 spiro atoms. The van der Waals surface area contributed by atoms with E-state index in [1.807, 2.05) is 18.2 Å². The molecule has 0 fully saturated rings. The summed E-state index contributed by atoms with van der Waals surface area (Å²) in [7, 11) is 0. The van der Waals surface area contributed by atoms with E-state index in [9.17, 15) is 9.90 Å². The molecule has 0 saturated heterocycles. The number of halogens is 2. The third-order valence-electron chi connectivity index (χ3n) is 3.10. The molecule has 1 aromatic carbocycles. The van der Waals surface area contributed by atoms with Gasteiger partial charge in [0.05, 0.1) is 10.9 Å². The third-order valence-corrected chi connectivity index (χ3v) is 3.81. The molecule has 1 atom stereocenters. The Balaban J connectivity index is 2.19. The summed E-state index contributed by atoms with van der Waals surface area (Å²) in [6.45, 7) is 0. The van der Waals surface area contributed by atoms with Crippen LogP contribution in [0.1, 0.15) is 11.1 Å². The van der Waals surface area contributed by atoms with Gasteiger partial charge in [-0.3, -0.25) is 9.78 Å². The Bertz CT molecular complexity index is 569. The van der Waals surface area contributed by atoms with Gasteiger partial charge in [-0.1, -0.05) is 41.4 Å². The first-order valence-corrected chi connectivity index (χ1v) is 6.88. The second kappa shape index (κ2) is 6.73. The first-order valence-electron chi connectivity index (χ1n) is 6.12. The predicted molar refractivity (Wildman–Crippen MR) is 79.2 cm³/mol. The highest BCUT2D eigenvalue weighted by Gasteiger charge is 2.20. The van der Waals surface area contributed by atoms with Crippen LogP contribution in [0.2, 0.25) is 10.0 Å². The van der Waals surface area contributed by atoms with E-state index in [0.29, 0.717) is 22.9 Å². The molecule has 104 valence electrons. The minimum Gasteiger partial charge on any atom is -0.481 e. The van der Waals surface area contributed by atoms with Crippen LogP contribution >= 0.6 is 23.2 Å². The van der Waals surface area contributed by atoms with Gasteiger partial charge < -0.3 is 5.11 Å². The fourth-order valence-corrected chi connectivity index (χ4v) is 2.42. The van der Waals surface area contributed by atoms with Crippen molar-refractivity contribution in [1.29, 1.82) is 0 Å². The number of hydrogen-bond acceptors (Lipinski definition) is 2. The highest BCUT2D eigenvalue weighted by Crippen LogP contribution is 2.23. The van der Waals surface area contributed by atoms with Crippen molar-refractivity contribution in [3.8, 4) is 0 Å². The molecule has 0 bridgehead atoms. The second-order valence-electron chi connectivity index (χ2n) is 4.50. The number of carboxylic acids is 1. The van der Waals surface area contributed by atoms with Gasteiger partial charge in [0.25, 0.3) is 0 Å². The number of aromatic nitrogens is 1. The van der Waals surface area contributed by atoms with E-state index in [2.05, 4.69) is 4.98 Å².